The van der Waals surface area contributed by atoms with E-state index in [9.17, 15) is 19.5 Å². The topological polar surface area (TPSA) is 98.1 Å². The number of hydrogen-bond acceptors (Lipinski definition) is 7. The van der Waals surface area contributed by atoms with Gasteiger partial charge < -0.3 is 14.6 Å². The van der Waals surface area contributed by atoms with Crippen molar-refractivity contribution in [3.8, 4) is 0 Å². The molecule has 2 heterocycles. The van der Waals surface area contributed by atoms with Crippen molar-refractivity contribution in [1.29, 1.82) is 0 Å². The second kappa shape index (κ2) is 6.32. The fourth-order valence-corrected chi connectivity index (χ4v) is 3.21. The lowest BCUT2D eigenvalue weighted by Crippen LogP contribution is -2.42. The van der Waals surface area contributed by atoms with E-state index in [1.807, 2.05) is 0 Å². The fraction of sp³-hybridized carbons (Fsp3) is 0.643. The van der Waals surface area contributed by atoms with Crippen LogP contribution < -0.4 is 4.87 Å². The summed E-state index contributed by atoms with van der Waals surface area (Å²) in [5.74, 6) is -0.573. The van der Waals surface area contributed by atoms with Crippen molar-refractivity contribution in [3.05, 3.63) is 20.2 Å². The maximum atomic E-state index is 12.2. The number of esters is 1. The standard InChI is InChI=1S/C14H20N2O6S/c1-14(2,3)22-12(19)15-5-8-11(9(17)6-15)23-13(20)16(8)7-10(18)21-4/h9,17H,5-7H2,1-4H3. The van der Waals surface area contributed by atoms with Crippen LogP contribution >= 0.6 is 11.3 Å². The van der Waals surface area contributed by atoms with Gasteiger partial charge in [0.15, 0.2) is 0 Å². The van der Waals surface area contributed by atoms with Crippen LogP contribution in [0, 0.1) is 0 Å². The average molecular weight is 344 g/mol. The van der Waals surface area contributed by atoms with Gasteiger partial charge in [-0.15, -0.1) is 0 Å². The molecule has 1 aliphatic heterocycles. The summed E-state index contributed by atoms with van der Waals surface area (Å²) in [5, 5.41) is 10.2. The van der Waals surface area contributed by atoms with Gasteiger partial charge in [-0.3, -0.25) is 19.1 Å². The Bertz CT molecular complexity index is 672. The molecule has 1 unspecified atom stereocenters. The van der Waals surface area contributed by atoms with Crippen LogP contribution in [0.1, 0.15) is 37.4 Å². The van der Waals surface area contributed by atoms with E-state index in [1.54, 1.807) is 20.8 Å². The Labute approximate surface area is 137 Å². The molecule has 0 saturated heterocycles. The van der Waals surface area contributed by atoms with E-state index in [0.717, 1.165) is 11.3 Å². The van der Waals surface area contributed by atoms with Crippen LogP contribution in [0.5, 0.6) is 0 Å². The summed E-state index contributed by atoms with van der Waals surface area (Å²) < 4.78 is 11.1. The first-order valence-electron chi connectivity index (χ1n) is 7.07. The number of nitrogens with zero attached hydrogens (tertiary/aromatic N) is 2. The van der Waals surface area contributed by atoms with Gasteiger partial charge in [-0.1, -0.05) is 11.3 Å². The molecule has 0 aliphatic carbocycles. The SMILES string of the molecule is COC(=O)Cn1c2c(sc1=O)C(O)CN(C(=O)OC(C)(C)C)C2. The summed E-state index contributed by atoms with van der Waals surface area (Å²) in [7, 11) is 1.23. The lowest BCUT2D eigenvalue weighted by molar-refractivity contribution is -0.141. The number of fused-ring (bicyclic) bond motifs is 1. The van der Waals surface area contributed by atoms with Gasteiger partial charge in [0.2, 0.25) is 0 Å². The molecule has 0 spiro atoms. The van der Waals surface area contributed by atoms with Crippen molar-refractivity contribution in [3.63, 3.8) is 0 Å². The Hall–Kier alpha value is -1.87. The number of carbonyl (C=O) groups excluding carboxylic acids is 2. The van der Waals surface area contributed by atoms with E-state index in [2.05, 4.69) is 4.74 Å². The molecular weight excluding hydrogens is 324 g/mol. The molecule has 1 aromatic rings. The molecular formula is C14H20N2O6S. The molecule has 0 aromatic carbocycles. The van der Waals surface area contributed by atoms with Crippen molar-refractivity contribution in [2.75, 3.05) is 13.7 Å². The Morgan fingerprint density at radius 1 is 1.39 bits per heavy atom. The van der Waals surface area contributed by atoms with Gasteiger partial charge in [0, 0.05) is 0 Å². The number of amides is 1. The highest BCUT2D eigenvalue weighted by atomic mass is 32.1. The fourth-order valence-electron chi connectivity index (χ4n) is 2.23. The van der Waals surface area contributed by atoms with Crippen LogP contribution in [0.4, 0.5) is 4.79 Å². The number of aromatic nitrogens is 1. The van der Waals surface area contributed by atoms with Crippen molar-refractivity contribution in [2.24, 2.45) is 0 Å². The maximum Gasteiger partial charge on any atom is 0.410 e. The first kappa shape index (κ1) is 17.5. The average Bonchev–Trinajstić information content (AvgIpc) is 2.74. The van der Waals surface area contributed by atoms with E-state index in [0.29, 0.717) is 10.6 Å². The van der Waals surface area contributed by atoms with Gasteiger partial charge in [-0.25, -0.2) is 4.79 Å². The van der Waals surface area contributed by atoms with Crippen LogP contribution in [-0.4, -0.2) is 45.9 Å². The highest BCUT2D eigenvalue weighted by molar-refractivity contribution is 7.09. The Kier molecular flexibility index (Phi) is 4.81. The molecule has 128 valence electrons. The van der Waals surface area contributed by atoms with E-state index in [-0.39, 0.29) is 24.5 Å². The molecule has 23 heavy (non-hydrogen) atoms. The van der Waals surface area contributed by atoms with Gasteiger partial charge in [0.25, 0.3) is 0 Å². The third-order valence-electron chi connectivity index (χ3n) is 3.23. The predicted octanol–water partition coefficient (Wildman–Crippen LogP) is 0.867. The minimum Gasteiger partial charge on any atom is -0.468 e. The number of carbonyl (C=O) groups is 2. The highest BCUT2D eigenvalue weighted by Gasteiger charge is 2.34. The normalized spacial score (nSPS) is 17.6. The molecule has 0 saturated carbocycles. The molecule has 2 rings (SSSR count). The quantitative estimate of drug-likeness (QED) is 0.799. The third kappa shape index (κ3) is 3.91. The molecule has 1 N–H and O–H groups in total. The van der Waals surface area contributed by atoms with Crippen molar-refractivity contribution < 1.29 is 24.2 Å². The summed E-state index contributed by atoms with van der Waals surface area (Å²) in [4.78, 5) is 37.1. The first-order chi connectivity index (χ1) is 10.6. The van der Waals surface area contributed by atoms with Crippen molar-refractivity contribution in [2.45, 2.75) is 45.6 Å². The van der Waals surface area contributed by atoms with E-state index in [4.69, 9.17) is 4.74 Å². The predicted molar refractivity (Wildman–Crippen MR) is 82.2 cm³/mol. The minimum atomic E-state index is -0.983. The number of thiazole rings is 1. The third-order valence-corrected chi connectivity index (χ3v) is 4.35. The Morgan fingerprint density at radius 2 is 2.04 bits per heavy atom. The zero-order valence-electron chi connectivity index (χ0n) is 13.5. The van der Waals surface area contributed by atoms with E-state index < -0.39 is 23.8 Å². The number of aliphatic hydroxyl groups is 1. The largest absolute Gasteiger partial charge is 0.468 e. The second-order valence-corrected chi connectivity index (χ2v) is 7.21. The lowest BCUT2D eigenvalue weighted by atomic mass is 10.1. The summed E-state index contributed by atoms with van der Waals surface area (Å²) in [6.07, 6.45) is -1.56. The summed E-state index contributed by atoms with van der Waals surface area (Å²) in [6.45, 7) is 5.12. The number of ether oxygens (including phenoxy) is 2. The minimum absolute atomic E-state index is 0.0418. The number of hydrogen-bond donors (Lipinski definition) is 1. The number of methoxy groups -OCH3 is 1. The van der Waals surface area contributed by atoms with Gasteiger partial charge in [-0.2, -0.15) is 0 Å². The van der Waals surface area contributed by atoms with Crippen molar-refractivity contribution in [1.82, 2.24) is 9.47 Å². The maximum absolute atomic E-state index is 12.2. The molecule has 0 fully saturated rings. The molecule has 1 aromatic heterocycles. The summed E-state index contributed by atoms with van der Waals surface area (Å²) in [6, 6.07) is 0. The van der Waals surface area contributed by atoms with Gasteiger partial charge in [-0.05, 0) is 20.8 Å². The number of rotatable bonds is 2. The van der Waals surface area contributed by atoms with Gasteiger partial charge in [0.05, 0.1) is 30.8 Å². The molecule has 0 bridgehead atoms. The van der Waals surface area contributed by atoms with Crippen molar-refractivity contribution >= 4 is 23.4 Å². The van der Waals surface area contributed by atoms with E-state index in [1.165, 1.54) is 16.6 Å². The number of aliphatic hydroxyl groups excluding tert-OH is 1. The molecule has 1 aliphatic rings. The molecule has 1 atom stereocenters. The summed E-state index contributed by atoms with van der Waals surface area (Å²) in [5.41, 5.74) is -0.224. The van der Waals surface area contributed by atoms with Crippen LogP contribution in [-0.2, 0) is 27.4 Å². The monoisotopic (exact) mass is 344 g/mol. The molecule has 0 radical (unpaired) electrons. The molecule has 1 amide bonds. The Morgan fingerprint density at radius 3 is 2.61 bits per heavy atom. The van der Waals surface area contributed by atoms with Crippen LogP contribution in [0.2, 0.25) is 0 Å². The van der Waals surface area contributed by atoms with Gasteiger partial charge in [0.1, 0.15) is 18.2 Å². The zero-order chi connectivity index (χ0) is 17.4. The van der Waals surface area contributed by atoms with Crippen LogP contribution in [0.3, 0.4) is 0 Å². The van der Waals surface area contributed by atoms with Gasteiger partial charge >= 0.3 is 16.9 Å². The van der Waals surface area contributed by atoms with Crippen LogP contribution in [0.15, 0.2) is 4.79 Å². The van der Waals surface area contributed by atoms with Crippen LogP contribution in [0.25, 0.3) is 0 Å². The second-order valence-electron chi connectivity index (χ2n) is 6.22. The zero-order valence-corrected chi connectivity index (χ0v) is 14.3. The lowest BCUT2D eigenvalue weighted by Gasteiger charge is -2.32. The summed E-state index contributed by atoms with van der Waals surface area (Å²) >= 11 is 0.875. The van der Waals surface area contributed by atoms with E-state index >= 15 is 0 Å². The first-order valence-corrected chi connectivity index (χ1v) is 7.89. The molecule has 9 heteroatoms. The smallest absolute Gasteiger partial charge is 0.410 e. The Balaban J connectivity index is 2.29. The highest BCUT2D eigenvalue weighted by Crippen LogP contribution is 2.29. The number of β-amino-alcohol motifs (C(OH)–C–C–N with tert-alkyl or cyclic N) is 1. The molecule has 8 nitrogen and oxygen atoms in total.